The smallest absolute Gasteiger partial charge is 0.148 e. The van der Waals surface area contributed by atoms with Gasteiger partial charge < -0.3 is 0 Å². The molecule has 0 saturated heterocycles. The number of rotatable bonds is 3. The zero-order chi connectivity index (χ0) is 23.2. The van der Waals surface area contributed by atoms with E-state index in [0.29, 0.717) is 0 Å². The van der Waals surface area contributed by atoms with Crippen LogP contribution in [0.25, 0.3) is 44.2 Å². The van der Waals surface area contributed by atoms with Gasteiger partial charge in [0.25, 0.3) is 0 Å². The van der Waals surface area contributed by atoms with Gasteiger partial charge in [0, 0.05) is 22.8 Å². The molecule has 6 aromatic rings. The largest absolute Gasteiger partial charge is 0.294 e. The molecule has 3 heteroatoms. The van der Waals surface area contributed by atoms with Gasteiger partial charge in [0.2, 0.25) is 0 Å². The molecule has 5 aromatic carbocycles. The molecule has 2 heterocycles. The fourth-order valence-corrected chi connectivity index (χ4v) is 5.10. The lowest BCUT2D eigenvalue weighted by atomic mass is 9.90. The van der Waals surface area contributed by atoms with E-state index in [-0.39, 0.29) is 0 Å². The normalized spacial score (nSPS) is 11.9. The van der Waals surface area contributed by atoms with Gasteiger partial charge >= 0.3 is 0 Å². The third-order valence-electron chi connectivity index (χ3n) is 6.73. The summed E-state index contributed by atoms with van der Waals surface area (Å²) in [6.07, 6.45) is 3.57. The van der Waals surface area contributed by atoms with Crippen molar-refractivity contribution >= 4 is 28.0 Å². The summed E-state index contributed by atoms with van der Waals surface area (Å²) in [5.74, 6) is 0.901. The Hall–Kier alpha value is -4.76. The van der Waals surface area contributed by atoms with Crippen molar-refractivity contribution in [1.82, 2.24) is 9.97 Å². The van der Waals surface area contributed by atoms with Crippen LogP contribution >= 0.6 is 0 Å². The Morgan fingerprint density at radius 2 is 1.23 bits per heavy atom. The average molecular weight is 448 g/mol. The van der Waals surface area contributed by atoms with Crippen molar-refractivity contribution in [3.63, 3.8) is 0 Å². The molecule has 0 radical (unpaired) electrons. The van der Waals surface area contributed by atoms with Gasteiger partial charge in [0.05, 0.1) is 5.69 Å². The minimum Gasteiger partial charge on any atom is -0.294 e. The molecule has 0 spiro atoms. The number of nitrogens with zero attached hydrogens (tertiary/aromatic N) is 3. The Balaban J connectivity index is 1.44. The van der Waals surface area contributed by atoms with Crippen LogP contribution in [-0.4, -0.2) is 9.97 Å². The van der Waals surface area contributed by atoms with Gasteiger partial charge in [-0.15, -0.1) is 0 Å². The van der Waals surface area contributed by atoms with Crippen LogP contribution in [0.1, 0.15) is 0 Å². The number of anilines is 3. The molecule has 1 aliphatic rings. The van der Waals surface area contributed by atoms with E-state index in [1.807, 2.05) is 12.3 Å². The molecule has 1 aliphatic heterocycles. The van der Waals surface area contributed by atoms with Crippen LogP contribution in [0.4, 0.5) is 17.2 Å². The number of fused-ring (bicyclic) bond motifs is 2. The van der Waals surface area contributed by atoms with Crippen LogP contribution in [0.3, 0.4) is 0 Å². The highest BCUT2D eigenvalue weighted by Gasteiger charge is 2.27. The molecule has 1 aromatic heterocycles. The van der Waals surface area contributed by atoms with E-state index in [4.69, 9.17) is 4.98 Å². The molecule has 35 heavy (non-hydrogen) atoms. The molecule has 164 valence electrons. The summed E-state index contributed by atoms with van der Waals surface area (Å²) in [5, 5.41) is 2.43. The molecule has 7 rings (SSSR count). The highest BCUT2D eigenvalue weighted by molar-refractivity contribution is 6.14. The summed E-state index contributed by atoms with van der Waals surface area (Å²) in [7, 11) is 0. The van der Waals surface area contributed by atoms with Gasteiger partial charge in [-0.05, 0) is 63.5 Å². The average Bonchev–Trinajstić information content (AvgIpc) is 2.94. The standard InChI is InChI=1S/C32H21N3/c1-3-8-22(9-4-1)24-14-16-27(17-15-24)35-30-13-7-12-25-18-26(23-10-5-2-6-11-23)19-28(31(25)30)29-20-33-21-34-32(29)35/h1-21H. The maximum Gasteiger partial charge on any atom is 0.148 e. The summed E-state index contributed by atoms with van der Waals surface area (Å²) >= 11 is 0. The first-order valence-electron chi connectivity index (χ1n) is 11.7. The minimum absolute atomic E-state index is 0.901. The lowest BCUT2D eigenvalue weighted by Gasteiger charge is -2.32. The third-order valence-corrected chi connectivity index (χ3v) is 6.73. The van der Waals surface area contributed by atoms with E-state index in [2.05, 4.69) is 119 Å². The van der Waals surface area contributed by atoms with Gasteiger partial charge in [0.1, 0.15) is 12.1 Å². The van der Waals surface area contributed by atoms with Gasteiger partial charge in [-0.2, -0.15) is 0 Å². The number of hydrogen-bond donors (Lipinski definition) is 0. The fraction of sp³-hybridized carbons (Fsp3) is 0. The maximum absolute atomic E-state index is 4.76. The van der Waals surface area contributed by atoms with Crippen molar-refractivity contribution in [2.45, 2.75) is 0 Å². The van der Waals surface area contributed by atoms with E-state index in [1.54, 1.807) is 6.33 Å². The zero-order valence-corrected chi connectivity index (χ0v) is 19.0. The molecule has 0 bridgehead atoms. The highest BCUT2D eigenvalue weighted by atomic mass is 15.2. The predicted molar refractivity (Wildman–Crippen MR) is 144 cm³/mol. The molecule has 0 saturated carbocycles. The molecule has 0 N–H and O–H groups in total. The minimum atomic E-state index is 0.901. The first-order valence-corrected chi connectivity index (χ1v) is 11.7. The summed E-state index contributed by atoms with van der Waals surface area (Å²) in [6.45, 7) is 0. The summed E-state index contributed by atoms with van der Waals surface area (Å²) in [5.41, 5.74) is 9.23. The van der Waals surface area contributed by atoms with E-state index < -0.39 is 0 Å². The Labute approximate surface area is 204 Å². The molecule has 0 unspecified atom stereocenters. The Morgan fingerprint density at radius 3 is 1.97 bits per heavy atom. The number of hydrogen-bond acceptors (Lipinski definition) is 3. The van der Waals surface area contributed by atoms with Crippen molar-refractivity contribution in [2.75, 3.05) is 4.90 Å². The molecule has 0 atom stereocenters. The summed E-state index contributed by atoms with van der Waals surface area (Å²) in [6, 6.07) is 40.8. The van der Waals surface area contributed by atoms with Crippen molar-refractivity contribution in [3.8, 4) is 33.4 Å². The lowest BCUT2D eigenvalue weighted by molar-refractivity contribution is 1.11. The fourth-order valence-electron chi connectivity index (χ4n) is 5.10. The van der Waals surface area contributed by atoms with Crippen molar-refractivity contribution in [1.29, 1.82) is 0 Å². The molecule has 0 fully saturated rings. The van der Waals surface area contributed by atoms with Crippen molar-refractivity contribution in [3.05, 3.63) is 128 Å². The molecular weight excluding hydrogens is 426 g/mol. The molecule has 3 nitrogen and oxygen atoms in total. The topological polar surface area (TPSA) is 29.0 Å². The zero-order valence-electron chi connectivity index (χ0n) is 19.0. The van der Waals surface area contributed by atoms with Gasteiger partial charge in [-0.25, -0.2) is 9.97 Å². The summed E-state index contributed by atoms with van der Waals surface area (Å²) < 4.78 is 0. The van der Waals surface area contributed by atoms with Crippen molar-refractivity contribution < 1.29 is 0 Å². The van der Waals surface area contributed by atoms with Crippen LogP contribution in [-0.2, 0) is 0 Å². The van der Waals surface area contributed by atoms with Gasteiger partial charge in [-0.3, -0.25) is 4.90 Å². The Kier molecular flexibility index (Phi) is 4.46. The van der Waals surface area contributed by atoms with Gasteiger partial charge in [0.15, 0.2) is 0 Å². The maximum atomic E-state index is 4.76. The van der Waals surface area contributed by atoms with E-state index in [0.717, 1.165) is 22.8 Å². The van der Waals surface area contributed by atoms with Crippen LogP contribution in [0.5, 0.6) is 0 Å². The number of benzene rings is 5. The van der Waals surface area contributed by atoms with Crippen LogP contribution in [0.15, 0.2) is 128 Å². The first-order chi connectivity index (χ1) is 17.4. The Bertz CT molecular complexity index is 1670. The SMILES string of the molecule is c1ccc(-c2ccc(N3c4ncncc4-c4cc(-c5ccccc5)cc5cccc3c45)cc2)cc1. The molecule has 0 amide bonds. The van der Waals surface area contributed by atoms with Crippen LogP contribution < -0.4 is 4.90 Å². The monoisotopic (exact) mass is 447 g/mol. The highest BCUT2D eigenvalue weighted by Crippen LogP contribution is 2.50. The second-order valence-electron chi connectivity index (χ2n) is 8.77. The van der Waals surface area contributed by atoms with E-state index in [9.17, 15) is 0 Å². The quantitative estimate of drug-likeness (QED) is 0.272. The van der Waals surface area contributed by atoms with Crippen molar-refractivity contribution in [2.24, 2.45) is 0 Å². The van der Waals surface area contributed by atoms with Crippen LogP contribution in [0, 0.1) is 0 Å². The number of aromatic nitrogens is 2. The second-order valence-corrected chi connectivity index (χ2v) is 8.77. The lowest BCUT2D eigenvalue weighted by Crippen LogP contribution is -2.16. The van der Waals surface area contributed by atoms with E-state index >= 15 is 0 Å². The Morgan fingerprint density at radius 1 is 0.543 bits per heavy atom. The molecule has 0 aliphatic carbocycles. The molecular formula is C32H21N3. The predicted octanol–water partition coefficient (Wildman–Crippen LogP) is 8.41. The second kappa shape index (κ2) is 7.93. The van der Waals surface area contributed by atoms with Gasteiger partial charge in [-0.1, -0.05) is 84.9 Å². The first kappa shape index (κ1) is 19.7. The van der Waals surface area contributed by atoms with Crippen LogP contribution in [0.2, 0.25) is 0 Å². The van der Waals surface area contributed by atoms with E-state index in [1.165, 1.54) is 38.6 Å². The third kappa shape index (κ3) is 3.21. The summed E-state index contributed by atoms with van der Waals surface area (Å²) in [4.78, 5) is 11.4.